The van der Waals surface area contributed by atoms with Gasteiger partial charge in [-0.15, -0.1) is 0 Å². The lowest BCUT2D eigenvalue weighted by atomic mass is 9.89. The SMILES string of the molecule is CNCCNC(=O)C1CC(N(C=O)CCc2ccccc2)CN1CC1CCCCC1. The molecule has 1 aliphatic heterocycles. The molecular weight excluding hydrogens is 376 g/mol. The van der Waals surface area contributed by atoms with Gasteiger partial charge in [0.2, 0.25) is 12.3 Å². The predicted molar refractivity (Wildman–Crippen MR) is 120 cm³/mol. The summed E-state index contributed by atoms with van der Waals surface area (Å²) in [6, 6.07) is 10.3. The smallest absolute Gasteiger partial charge is 0.237 e. The monoisotopic (exact) mass is 414 g/mol. The Morgan fingerprint density at radius 1 is 1.17 bits per heavy atom. The molecule has 166 valence electrons. The van der Waals surface area contributed by atoms with E-state index in [1.165, 1.54) is 37.7 Å². The zero-order valence-corrected chi connectivity index (χ0v) is 18.4. The Labute approximate surface area is 181 Å². The number of benzene rings is 1. The number of hydrogen-bond donors (Lipinski definition) is 2. The van der Waals surface area contributed by atoms with Crippen LogP contribution in [0.25, 0.3) is 0 Å². The van der Waals surface area contributed by atoms with Crippen molar-refractivity contribution in [3.63, 3.8) is 0 Å². The van der Waals surface area contributed by atoms with Gasteiger partial charge in [0.15, 0.2) is 0 Å². The maximum atomic E-state index is 12.9. The van der Waals surface area contributed by atoms with Crippen molar-refractivity contribution in [3.05, 3.63) is 35.9 Å². The van der Waals surface area contributed by atoms with Crippen LogP contribution in [0.1, 0.15) is 44.1 Å². The molecule has 2 amide bonds. The van der Waals surface area contributed by atoms with E-state index in [4.69, 9.17) is 0 Å². The zero-order chi connectivity index (χ0) is 21.2. The summed E-state index contributed by atoms with van der Waals surface area (Å²) in [6.45, 7) is 3.88. The van der Waals surface area contributed by atoms with Crippen molar-refractivity contribution in [2.45, 2.75) is 57.0 Å². The van der Waals surface area contributed by atoms with E-state index in [9.17, 15) is 9.59 Å². The van der Waals surface area contributed by atoms with Crippen molar-refractivity contribution in [2.24, 2.45) is 5.92 Å². The van der Waals surface area contributed by atoms with Crippen molar-refractivity contribution in [1.82, 2.24) is 20.4 Å². The molecule has 1 saturated carbocycles. The number of nitrogens with zero attached hydrogens (tertiary/aromatic N) is 2. The standard InChI is InChI=1S/C24H38N4O2/c1-25-13-14-26-24(30)23-16-22(18-28(23)17-21-10-6-3-7-11-21)27(19-29)15-12-20-8-4-2-5-9-20/h2,4-5,8-9,19,21-23,25H,3,6-7,10-18H2,1H3,(H,26,30). The van der Waals surface area contributed by atoms with Crippen LogP contribution in [0.2, 0.25) is 0 Å². The Morgan fingerprint density at radius 2 is 1.93 bits per heavy atom. The molecule has 0 spiro atoms. The fourth-order valence-electron chi connectivity index (χ4n) is 4.95. The summed E-state index contributed by atoms with van der Waals surface area (Å²) in [4.78, 5) is 29.1. The molecule has 2 aliphatic rings. The lowest BCUT2D eigenvalue weighted by Gasteiger charge is -2.30. The maximum Gasteiger partial charge on any atom is 0.237 e. The first-order chi connectivity index (χ1) is 14.7. The van der Waals surface area contributed by atoms with E-state index in [2.05, 4.69) is 27.7 Å². The summed E-state index contributed by atoms with van der Waals surface area (Å²) >= 11 is 0. The van der Waals surface area contributed by atoms with Crippen LogP contribution in [0.4, 0.5) is 0 Å². The molecule has 6 nitrogen and oxygen atoms in total. The average Bonchev–Trinajstić information content (AvgIpc) is 3.19. The van der Waals surface area contributed by atoms with E-state index < -0.39 is 0 Å². The van der Waals surface area contributed by atoms with Gasteiger partial charge in [0, 0.05) is 38.8 Å². The summed E-state index contributed by atoms with van der Waals surface area (Å²) < 4.78 is 0. The molecule has 3 rings (SSSR count). The Balaban J connectivity index is 1.62. The van der Waals surface area contributed by atoms with Crippen molar-refractivity contribution < 1.29 is 9.59 Å². The number of likely N-dealkylation sites (tertiary alicyclic amines) is 1. The van der Waals surface area contributed by atoms with Crippen LogP contribution in [0.15, 0.2) is 30.3 Å². The highest BCUT2D eigenvalue weighted by Crippen LogP contribution is 2.29. The molecule has 0 aromatic heterocycles. The third kappa shape index (κ3) is 6.54. The topological polar surface area (TPSA) is 64.7 Å². The van der Waals surface area contributed by atoms with Gasteiger partial charge in [-0.25, -0.2) is 0 Å². The van der Waals surface area contributed by atoms with Crippen molar-refractivity contribution >= 4 is 12.3 Å². The molecule has 0 bridgehead atoms. The minimum absolute atomic E-state index is 0.106. The van der Waals surface area contributed by atoms with Crippen LogP contribution >= 0.6 is 0 Å². The normalized spacial score (nSPS) is 22.7. The van der Waals surface area contributed by atoms with Gasteiger partial charge in [-0.05, 0) is 44.2 Å². The first-order valence-corrected chi connectivity index (χ1v) is 11.6. The van der Waals surface area contributed by atoms with Crippen molar-refractivity contribution in [3.8, 4) is 0 Å². The number of nitrogens with one attached hydrogen (secondary N) is 2. The molecule has 2 N–H and O–H groups in total. The average molecular weight is 415 g/mol. The second-order valence-electron chi connectivity index (χ2n) is 8.84. The summed E-state index contributed by atoms with van der Waals surface area (Å²) in [5, 5.41) is 6.15. The molecular formula is C24H38N4O2. The summed E-state index contributed by atoms with van der Waals surface area (Å²) in [5.41, 5.74) is 1.24. The molecule has 2 atom stereocenters. The van der Waals surface area contributed by atoms with Gasteiger partial charge in [-0.2, -0.15) is 0 Å². The van der Waals surface area contributed by atoms with Gasteiger partial charge < -0.3 is 15.5 Å². The predicted octanol–water partition coefficient (Wildman–Crippen LogP) is 2.05. The lowest BCUT2D eigenvalue weighted by Crippen LogP contribution is -2.46. The van der Waals surface area contributed by atoms with Gasteiger partial charge in [0.05, 0.1) is 6.04 Å². The molecule has 30 heavy (non-hydrogen) atoms. The molecule has 2 unspecified atom stereocenters. The molecule has 1 aromatic carbocycles. The quantitative estimate of drug-likeness (QED) is 0.430. The molecule has 1 heterocycles. The van der Waals surface area contributed by atoms with Crippen LogP contribution in [-0.4, -0.2) is 74.0 Å². The number of amides is 2. The van der Waals surface area contributed by atoms with E-state index in [0.29, 0.717) is 19.0 Å². The minimum Gasteiger partial charge on any atom is -0.353 e. The second-order valence-corrected chi connectivity index (χ2v) is 8.84. The summed E-state index contributed by atoms with van der Waals surface area (Å²) in [7, 11) is 1.89. The van der Waals surface area contributed by atoms with Crippen LogP contribution in [0, 0.1) is 5.92 Å². The highest BCUT2D eigenvalue weighted by molar-refractivity contribution is 5.82. The summed E-state index contributed by atoms with van der Waals surface area (Å²) in [5.74, 6) is 0.788. The molecule has 1 aromatic rings. The lowest BCUT2D eigenvalue weighted by molar-refractivity contribution is -0.126. The zero-order valence-electron chi connectivity index (χ0n) is 18.4. The number of hydrogen-bond acceptors (Lipinski definition) is 4. The minimum atomic E-state index is -0.132. The Kier molecular flexibility index (Phi) is 9.15. The molecule has 1 saturated heterocycles. The van der Waals surface area contributed by atoms with E-state index in [1.807, 2.05) is 30.1 Å². The number of carbonyl (C=O) groups excluding carboxylic acids is 2. The molecule has 6 heteroatoms. The van der Waals surface area contributed by atoms with Crippen molar-refractivity contribution in [1.29, 1.82) is 0 Å². The number of carbonyl (C=O) groups is 2. The Hall–Kier alpha value is -1.92. The van der Waals surface area contributed by atoms with Crippen LogP contribution in [-0.2, 0) is 16.0 Å². The van der Waals surface area contributed by atoms with Crippen LogP contribution in [0.5, 0.6) is 0 Å². The third-order valence-corrected chi connectivity index (χ3v) is 6.68. The second kappa shape index (κ2) is 12.1. The van der Waals surface area contributed by atoms with Gasteiger partial charge in [0.25, 0.3) is 0 Å². The highest BCUT2D eigenvalue weighted by atomic mass is 16.2. The summed E-state index contributed by atoms with van der Waals surface area (Å²) in [6.07, 6.45) is 9.03. The van der Waals surface area contributed by atoms with Gasteiger partial charge in [-0.1, -0.05) is 49.6 Å². The van der Waals surface area contributed by atoms with Gasteiger partial charge in [0.1, 0.15) is 0 Å². The molecule has 2 fully saturated rings. The Morgan fingerprint density at radius 3 is 2.63 bits per heavy atom. The van der Waals surface area contributed by atoms with E-state index in [-0.39, 0.29) is 18.0 Å². The Bertz CT molecular complexity index is 648. The van der Waals surface area contributed by atoms with Gasteiger partial charge in [-0.3, -0.25) is 14.5 Å². The van der Waals surface area contributed by atoms with Crippen LogP contribution < -0.4 is 10.6 Å². The van der Waals surface area contributed by atoms with Crippen molar-refractivity contribution in [2.75, 3.05) is 39.8 Å². The van der Waals surface area contributed by atoms with E-state index in [0.717, 1.165) is 38.9 Å². The number of likely N-dealkylation sites (N-methyl/N-ethyl adjacent to an activating group) is 1. The van der Waals surface area contributed by atoms with E-state index in [1.54, 1.807) is 0 Å². The fourth-order valence-corrected chi connectivity index (χ4v) is 4.95. The largest absolute Gasteiger partial charge is 0.353 e. The maximum absolute atomic E-state index is 12.9. The highest BCUT2D eigenvalue weighted by Gasteiger charge is 2.39. The van der Waals surface area contributed by atoms with Crippen LogP contribution in [0.3, 0.4) is 0 Å². The third-order valence-electron chi connectivity index (χ3n) is 6.68. The van der Waals surface area contributed by atoms with E-state index >= 15 is 0 Å². The molecule has 0 radical (unpaired) electrons. The first-order valence-electron chi connectivity index (χ1n) is 11.6. The van der Waals surface area contributed by atoms with Gasteiger partial charge >= 0.3 is 0 Å². The first kappa shape index (κ1) is 22.8. The fraction of sp³-hybridized carbons (Fsp3) is 0.667. The molecule has 1 aliphatic carbocycles. The number of rotatable bonds is 11.